The predicted molar refractivity (Wildman–Crippen MR) is 67.5 cm³/mol. The average molecular weight is 310 g/mol. The first-order valence-corrected chi connectivity index (χ1v) is 7.27. The molecule has 1 aromatic carbocycles. The third-order valence-corrected chi connectivity index (χ3v) is 3.61. The Hall–Kier alpha value is -1.30. The number of hydrogen-bond acceptors (Lipinski definition) is 4. The second-order valence-electron chi connectivity index (χ2n) is 3.47. The summed E-state index contributed by atoms with van der Waals surface area (Å²) in [4.78, 5) is 0. The number of benzene rings is 1. The van der Waals surface area contributed by atoms with Crippen molar-refractivity contribution in [3.63, 3.8) is 0 Å². The van der Waals surface area contributed by atoms with Gasteiger partial charge in [0.1, 0.15) is 5.82 Å². The summed E-state index contributed by atoms with van der Waals surface area (Å²) in [5, 5.41) is 0. The van der Waals surface area contributed by atoms with Gasteiger partial charge in [0.05, 0.1) is 13.2 Å². The number of hydrogen-bond donors (Lipinski definition) is 0. The molecule has 0 fully saturated rings. The van der Waals surface area contributed by atoms with E-state index in [1.807, 2.05) is 0 Å². The summed E-state index contributed by atoms with van der Waals surface area (Å²) in [6, 6.07) is 4.11. The van der Waals surface area contributed by atoms with Crippen molar-refractivity contribution in [2.75, 3.05) is 13.2 Å². The largest absolute Gasteiger partial charge is 0.530 e. The Morgan fingerprint density at radius 1 is 1.10 bits per heavy atom. The highest BCUT2D eigenvalue weighted by Crippen LogP contribution is 2.53. The van der Waals surface area contributed by atoms with Crippen LogP contribution in [0.2, 0.25) is 0 Å². The highest BCUT2D eigenvalue weighted by molar-refractivity contribution is 7.48. The third-order valence-electron chi connectivity index (χ3n) is 2.06. The highest BCUT2D eigenvalue weighted by Gasteiger charge is 2.31. The topological polar surface area (TPSA) is 44.8 Å². The Kier molecular flexibility index (Phi) is 6.26. The molecule has 20 heavy (non-hydrogen) atoms. The van der Waals surface area contributed by atoms with Crippen LogP contribution in [0.1, 0.15) is 19.4 Å². The molecule has 0 N–H and O–H groups in total. The van der Waals surface area contributed by atoms with Gasteiger partial charge in [-0.25, -0.2) is 8.96 Å². The lowest BCUT2D eigenvalue weighted by Crippen LogP contribution is -2.01. The molecule has 8 heteroatoms. The minimum atomic E-state index is -4.14. The van der Waals surface area contributed by atoms with E-state index in [1.165, 1.54) is 13.8 Å². The standard InChI is InChI=1S/C12H14F3O4P/c1-3-17-20(16,18-4-2)19-11(12(14)15)9-5-7-10(13)8-6-9/h5-8H,3-4H2,1-2H3. The maximum atomic E-state index is 12.9. The average Bonchev–Trinajstić information content (AvgIpc) is 2.37. The molecular weight excluding hydrogens is 296 g/mol. The van der Waals surface area contributed by atoms with Crippen LogP contribution >= 0.6 is 7.82 Å². The zero-order valence-electron chi connectivity index (χ0n) is 10.9. The highest BCUT2D eigenvalue weighted by atomic mass is 31.2. The lowest BCUT2D eigenvalue weighted by molar-refractivity contribution is 0.156. The minimum absolute atomic E-state index is 0.0398. The van der Waals surface area contributed by atoms with Crippen molar-refractivity contribution >= 4 is 13.6 Å². The van der Waals surface area contributed by atoms with Crippen molar-refractivity contribution in [2.45, 2.75) is 13.8 Å². The van der Waals surface area contributed by atoms with Gasteiger partial charge < -0.3 is 4.52 Å². The van der Waals surface area contributed by atoms with Gasteiger partial charge in [-0.3, -0.25) is 9.05 Å². The maximum Gasteiger partial charge on any atom is 0.530 e. The van der Waals surface area contributed by atoms with E-state index in [0.29, 0.717) is 0 Å². The molecule has 0 amide bonds. The molecule has 0 aromatic heterocycles. The van der Waals surface area contributed by atoms with Crippen molar-refractivity contribution in [1.29, 1.82) is 0 Å². The van der Waals surface area contributed by atoms with Crippen molar-refractivity contribution in [1.82, 2.24) is 0 Å². The zero-order chi connectivity index (χ0) is 15.2. The Balaban J connectivity index is 3.07. The van der Waals surface area contributed by atoms with E-state index in [9.17, 15) is 17.7 Å². The number of halogens is 3. The van der Waals surface area contributed by atoms with E-state index in [-0.39, 0.29) is 18.8 Å². The summed E-state index contributed by atoms with van der Waals surface area (Å²) in [7, 11) is -4.14. The quantitative estimate of drug-likeness (QED) is 0.546. The molecule has 0 saturated carbocycles. The number of phosphoric ester groups is 1. The Bertz CT molecular complexity index is 502. The summed E-state index contributed by atoms with van der Waals surface area (Å²) < 4.78 is 64.9. The zero-order valence-corrected chi connectivity index (χ0v) is 11.8. The number of phosphoric acid groups is 1. The summed E-state index contributed by atoms with van der Waals surface area (Å²) in [6.45, 7) is 2.95. The van der Waals surface area contributed by atoms with Crippen LogP contribution in [0, 0.1) is 5.82 Å². The van der Waals surface area contributed by atoms with Crippen LogP contribution in [0.5, 0.6) is 0 Å². The van der Waals surface area contributed by atoms with Gasteiger partial charge in [0, 0.05) is 5.56 Å². The smallest absolute Gasteiger partial charge is 0.398 e. The molecule has 0 bridgehead atoms. The molecule has 0 radical (unpaired) electrons. The van der Waals surface area contributed by atoms with Gasteiger partial charge in [-0.2, -0.15) is 8.78 Å². The molecule has 0 aliphatic carbocycles. The first-order chi connectivity index (χ1) is 9.41. The van der Waals surface area contributed by atoms with Crippen molar-refractivity contribution in [2.24, 2.45) is 0 Å². The molecule has 0 aliphatic rings. The van der Waals surface area contributed by atoms with Crippen LogP contribution in [0.3, 0.4) is 0 Å². The fourth-order valence-electron chi connectivity index (χ4n) is 1.32. The third kappa shape index (κ3) is 4.67. The van der Waals surface area contributed by atoms with Gasteiger partial charge in [-0.15, -0.1) is 0 Å². The molecule has 0 spiro atoms. The molecule has 1 rings (SSSR count). The minimum Gasteiger partial charge on any atom is -0.398 e. The monoisotopic (exact) mass is 310 g/mol. The molecular formula is C12H14F3O4P. The molecule has 0 heterocycles. The van der Waals surface area contributed by atoms with E-state index >= 15 is 0 Å². The second kappa shape index (κ2) is 7.47. The predicted octanol–water partition coefficient (Wildman–Crippen LogP) is 4.59. The molecule has 4 nitrogen and oxygen atoms in total. The van der Waals surface area contributed by atoms with Gasteiger partial charge >= 0.3 is 13.9 Å². The fourth-order valence-corrected chi connectivity index (χ4v) is 2.53. The molecule has 0 unspecified atom stereocenters. The summed E-state index contributed by atoms with van der Waals surface area (Å²) in [5.41, 5.74) is -0.133. The number of rotatable bonds is 7. The van der Waals surface area contributed by atoms with Crippen LogP contribution in [-0.2, 0) is 18.1 Å². The fraction of sp³-hybridized carbons (Fsp3) is 0.333. The van der Waals surface area contributed by atoms with E-state index in [0.717, 1.165) is 24.3 Å². The van der Waals surface area contributed by atoms with Gasteiger partial charge in [0.25, 0.3) is 0 Å². The van der Waals surface area contributed by atoms with E-state index < -0.39 is 25.5 Å². The van der Waals surface area contributed by atoms with Gasteiger partial charge in [-0.1, -0.05) is 0 Å². The molecule has 112 valence electrons. The van der Waals surface area contributed by atoms with E-state index in [4.69, 9.17) is 13.6 Å². The van der Waals surface area contributed by atoms with Crippen LogP contribution in [0.15, 0.2) is 30.3 Å². The molecule has 0 aliphatic heterocycles. The Morgan fingerprint density at radius 3 is 2.00 bits per heavy atom. The van der Waals surface area contributed by atoms with E-state index in [1.54, 1.807) is 0 Å². The molecule has 1 aromatic rings. The normalized spacial score (nSPS) is 11.2. The Morgan fingerprint density at radius 2 is 1.60 bits per heavy atom. The molecule has 0 atom stereocenters. The van der Waals surface area contributed by atoms with Crippen molar-refractivity contribution < 1.29 is 31.3 Å². The summed E-state index contributed by atoms with van der Waals surface area (Å²) in [5.74, 6) is -1.56. The van der Waals surface area contributed by atoms with Crippen molar-refractivity contribution in [3.8, 4) is 0 Å². The lowest BCUT2D eigenvalue weighted by atomic mass is 10.2. The van der Waals surface area contributed by atoms with Gasteiger partial charge in [-0.05, 0) is 38.1 Å². The Labute approximate surface area is 114 Å². The van der Waals surface area contributed by atoms with Crippen LogP contribution < -0.4 is 0 Å². The van der Waals surface area contributed by atoms with Crippen LogP contribution in [-0.4, -0.2) is 13.2 Å². The van der Waals surface area contributed by atoms with Gasteiger partial charge in [0.15, 0.2) is 0 Å². The molecule has 0 saturated heterocycles. The first kappa shape index (κ1) is 16.8. The van der Waals surface area contributed by atoms with Gasteiger partial charge in [0.2, 0.25) is 5.76 Å². The first-order valence-electron chi connectivity index (χ1n) is 5.81. The summed E-state index contributed by atoms with van der Waals surface area (Å²) in [6.07, 6.45) is -2.21. The van der Waals surface area contributed by atoms with Crippen molar-refractivity contribution in [3.05, 3.63) is 41.7 Å². The lowest BCUT2D eigenvalue weighted by Gasteiger charge is -2.18. The summed E-state index contributed by atoms with van der Waals surface area (Å²) >= 11 is 0. The van der Waals surface area contributed by atoms with E-state index in [2.05, 4.69) is 0 Å². The SMILES string of the molecule is CCOP(=O)(OCC)OC(=C(F)F)c1ccc(F)cc1. The maximum absolute atomic E-state index is 12.9. The second-order valence-corrected chi connectivity index (χ2v) is 5.06. The van der Waals surface area contributed by atoms with Crippen LogP contribution in [0.25, 0.3) is 5.76 Å². The van der Waals surface area contributed by atoms with Crippen LogP contribution in [0.4, 0.5) is 13.2 Å².